The highest BCUT2D eigenvalue weighted by Gasteiger charge is 2.49. The van der Waals surface area contributed by atoms with Gasteiger partial charge in [-0.1, -0.05) is 19.8 Å². The van der Waals surface area contributed by atoms with E-state index in [0.717, 1.165) is 25.7 Å². The standard InChI is InChI=1S/C16H26O4/c1-3-5-6-8-13(17)10-12-16(15(19)20-4-2)11-7-9-14(16)18/h3-12H2,1-2H3. The van der Waals surface area contributed by atoms with Gasteiger partial charge in [-0.15, -0.1) is 0 Å². The second-order valence-corrected chi connectivity index (χ2v) is 5.58. The van der Waals surface area contributed by atoms with E-state index in [1.165, 1.54) is 0 Å². The molecule has 1 aliphatic rings. The predicted molar refractivity (Wildman–Crippen MR) is 76.3 cm³/mol. The summed E-state index contributed by atoms with van der Waals surface area (Å²) in [6.07, 6.45) is 5.92. The first-order valence-corrected chi connectivity index (χ1v) is 7.79. The van der Waals surface area contributed by atoms with E-state index in [4.69, 9.17) is 4.74 Å². The average molecular weight is 282 g/mol. The second kappa shape index (κ2) is 8.18. The fraction of sp³-hybridized carbons (Fsp3) is 0.812. The van der Waals surface area contributed by atoms with Crippen LogP contribution in [0.5, 0.6) is 0 Å². The Labute approximate surface area is 121 Å². The molecule has 0 radical (unpaired) electrons. The first-order chi connectivity index (χ1) is 9.56. The highest BCUT2D eigenvalue weighted by Crippen LogP contribution is 2.40. The molecule has 1 saturated carbocycles. The molecule has 4 nitrogen and oxygen atoms in total. The van der Waals surface area contributed by atoms with Crippen LogP contribution in [0, 0.1) is 5.41 Å². The number of unbranched alkanes of at least 4 members (excludes halogenated alkanes) is 2. The van der Waals surface area contributed by atoms with Gasteiger partial charge in [-0.3, -0.25) is 14.4 Å². The number of ketones is 2. The molecule has 114 valence electrons. The molecule has 0 N–H and O–H groups in total. The highest BCUT2D eigenvalue weighted by atomic mass is 16.5. The van der Waals surface area contributed by atoms with E-state index < -0.39 is 11.4 Å². The Morgan fingerprint density at radius 3 is 2.50 bits per heavy atom. The van der Waals surface area contributed by atoms with E-state index in [1.54, 1.807) is 6.92 Å². The van der Waals surface area contributed by atoms with Crippen molar-refractivity contribution >= 4 is 17.5 Å². The molecule has 0 heterocycles. The Morgan fingerprint density at radius 1 is 1.20 bits per heavy atom. The van der Waals surface area contributed by atoms with Crippen LogP contribution in [0.15, 0.2) is 0 Å². The Morgan fingerprint density at radius 2 is 1.95 bits per heavy atom. The third kappa shape index (κ3) is 4.15. The Hall–Kier alpha value is -1.19. The third-order valence-corrected chi connectivity index (χ3v) is 4.10. The largest absolute Gasteiger partial charge is 0.465 e. The van der Waals surface area contributed by atoms with Crippen LogP contribution in [0.4, 0.5) is 0 Å². The molecule has 1 aliphatic carbocycles. The van der Waals surface area contributed by atoms with Gasteiger partial charge in [0.15, 0.2) is 0 Å². The molecular formula is C16H26O4. The number of ether oxygens (including phenoxy) is 1. The van der Waals surface area contributed by atoms with Crippen molar-refractivity contribution in [1.29, 1.82) is 0 Å². The molecule has 0 spiro atoms. The highest BCUT2D eigenvalue weighted by molar-refractivity contribution is 6.05. The van der Waals surface area contributed by atoms with Crippen molar-refractivity contribution in [2.75, 3.05) is 6.61 Å². The molecule has 0 amide bonds. The van der Waals surface area contributed by atoms with Crippen LogP contribution in [0.1, 0.15) is 71.6 Å². The van der Waals surface area contributed by atoms with Crippen molar-refractivity contribution in [2.24, 2.45) is 5.41 Å². The predicted octanol–water partition coefficient (Wildman–Crippen LogP) is 3.22. The van der Waals surface area contributed by atoms with Gasteiger partial charge in [0, 0.05) is 19.3 Å². The summed E-state index contributed by atoms with van der Waals surface area (Å²) in [6.45, 7) is 4.11. The number of Topliss-reactive ketones (excluding diaryl/α,β-unsaturated/α-hetero) is 2. The summed E-state index contributed by atoms with van der Waals surface area (Å²) in [7, 11) is 0. The van der Waals surface area contributed by atoms with Crippen LogP contribution in [-0.4, -0.2) is 24.1 Å². The zero-order valence-corrected chi connectivity index (χ0v) is 12.7. The van der Waals surface area contributed by atoms with Crippen LogP contribution in [0.2, 0.25) is 0 Å². The van der Waals surface area contributed by atoms with Gasteiger partial charge in [0.25, 0.3) is 0 Å². The Kier molecular flexibility index (Phi) is 6.89. The van der Waals surface area contributed by atoms with Crippen LogP contribution >= 0.6 is 0 Å². The number of esters is 1. The summed E-state index contributed by atoms with van der Waals surface area (Å²) in [4.78, 5) is 36.0. The fourth-order valence-electron chi connectivity index (χ4n) is 2.83. The van der Waals surface area contributed by atoms with Gasteiger partial charge in [0.05, 0.1) is 6.61 Å². The lowest BCUT2D eigenvalue weighted by Gasteiger charge is -2.24. The molecule has 0 aliphatic heterocycles. The maximum absolute atomic E-state index is 12.1. The smallest absolute Gasteiger partial charge is 0.319 e. The lowest BCUT2D eigenvalue weighted by atomic mass is 9.79. The van der Waals surface area contributed by atoms with Gasteiger partial charge < -0.3 is 4.74 Å². The number of hydrogen-bond donors (Lipinski definition) is 0. The van der Waals surface area contributed by atoms with E-state index in [0.29, 0.717) is 32.1 Å². The van der Waals surface area contributed by atoms with E-state index >= 15 is 0 Å². The molecule has 20 heavy (non-hydrogen) atoms. The molecule has 1 rings (SSSR count). The van der Waals surface area contributed by atoms with Crippen molar-refractivity contribution in [1.82, 2.24) is 0 Å². The zero-order chi connectivity index (χ0) is 15.0. The van der Waals surface area contributed by atoms with E-state index in [-0.39, 0.29) is 18.2 Å². The van der Waals surface area contributed by atoms with Gasteiger partial charge in [0.2, 0.25) is 0 Å². The lowest BCUT2D eigenvalue weighted by molar-refractivity contribution is -0.159. The van der Waals surface area contributed by atoms with Gasteiger partial charge >= 0.3 is 5.97 Å². The van der Waals surface area contributed by atoms with E-state index in [1.807, 2.05) is 0 Å². The third-order valence-electron chi connectivity index (χ3n) is 4.10. The van der Waals surface area contributed by atoms with Crippen molar-refractivity contribution in [3.8, 4) is 0 Å². The zero-order valence-electron chi connectivity index (χ0n) is 12.7. The number of rotatable bonds is 9. The fourth-order valence-corrected chi connectivity index (χ4v) is 2.83. The van der Waals surface area contributed by atoms with E-state index in [2.05, 4.69) is 6.92 Å². The van der Waals surface area contributed by atoms with Gasteiger partial charge in [0.1, 0.15) is 17.0 Å². The van der Waals surface area contributed by atoms with Gasteiger partial charge in [-0.05, 0) is 32.6 Å². The number of hydrogen-bond acceptors (Lipinski definition) is 4. The van der Waals surface area contributed by atoms with Gasteiger partial charge in [-0.2, -0.15) is 0 Å². The maximum atomic E-state index is 12.1. The van der Waals surface area contributed by atoms with Crippen LogP contribution in [0.25, 0.3) is 0 Å². The lowest BCUT2D eigenvalue weighted by Crippen LogP contribution is -2.37. The molecule has 0 aromatic carbocycles. The first kappa shape index (κ1) is 16.9. The molecule has 0 bridgehead atoms. The van der Waals surface area contributed by atoms with E-state index in [9.17, 15) is 14.4 Å². The van der Waals surface area contributed by atoms with Crippen LogP contribution < -0.4 is 0 Å². The minimum absolute atomic E-state index is 0.0442. The quantitative estimate of drug-likeness (QED) is 0.370. The minimum atomic E-state index is -1.03. The summed E-state index contributed by atoms with van der Waals surface area (Å²) in [5.41, 5.74) is -1.03. The molecule has 1 unspecified atom stereocenters. The summed E-state index contributed by atoms with van der Waals surface area (Å²) in [6, 6.07) is 0. The minimum Gasteiger partial charge on any atom is -0.465 e. The summed E-state index contributed by atoms with van der Waals surface area (Å²) >= 11 is 0. The SMILES string of the molecule is CCCCCC(=O)CCC1(C(=O)OCC)CCCC1=O. The maximum Gasteiger partial charge on any atom is 0.319 e. The van der Waals surface area contributed by atoms with Crippen LogP contribution in [0.3, 0.4) is 0 Å². The summed E-state index contributed by atoms with van der Waals surface area (Å²) < 4.78 is 5.06. The van der Waals surface area contributed by atoms with Crippen molar-refractivity contribution in [3.05, 3.63) is 0 Å². The Balaban J connectivity index is 2.56. The summed E-state index contributed by atoms with van der Waals surface area (Å²) in [5.74, 6) is -0.317. The second-order valence-electron chi connectivity index (χ2n) is 5.58. The molecule has 0 saturated heterocycles. The monoisotopic (exact) mass is 282 g/mol. The molecule has 1 fully saturated rings. The topological polar surface area (TPSA) is 60.4 Å². The first-order valence-electron chi connectivity index (χ1n) is 7.79. The van der Waals surface area contributed by atoms with Crippen LogP contribution in [-0.2, 0) is 19.1 Å². The molecule has 4 heteroatoms. The molecular weight excluding hydrogens is 256 g/mol. The number of carbonyl (C=O) groups excluding carboxylic acids is 3. The van der Waals surface area contributed by atoms with Gasteiger partial charge in [-0.25, -0.2) is 0 Å². The molecule has 1 atom stereocenters. The van der Waals surface area contributed by atoms with Crippen molar-refractivity contribution < 1.29 is 19.1 Å². The summed E-state index contributed by atoms with van der Waals surface area (Å²) in [5, 5.41) is 0. The Bertz CT molecular complexity index is 361. The number of carbonyl (C=O) groups is 3. The van der Waals surface area contributed by atoms with Crippen molar-refractivity contribution in [3.63, 3.8) is 0 Å². The normalized spacial score (nSPS) is 22.0. The van der Waals surface area contributed by atoms with Crippen molar-refractivity contribution in [2.45, 2.75) is 71.6 Å². The average Bonchev–Trinajstić information content (AvgIpc) is 2.79. The molecule has 0 aromatic rings. The molecule has 0 aromatic heterocycles.